The molecule has 0 bridgehead atoms. The van der Waals surface area contributed by atoms with Crippen LogP contribution in [0.3, 0.4) is 0 Å². The van der Waals surface area contributed by atoms with E-state index < -0.39 is 9.84 Å². The van der Waals surface area contributed by atoms with E-state index in [0.717, 1.165) is 16.7 Å². The molecule has 11 heteroatoms. The van der Waals surface area contributed by atoms with Crippen molar-refractivity contribution >= 4 is 59.9 Å². The van der Waals surface area contributed by atoms with Crippen molar-refractivity contribution in [1.29, 1.82) is 0 Å². The van der Waals surface area contributed by atoms with Crippen molar-refractivity contribution in [2.75, 3.05) is 16.1 Å². The van der Waals surface area contributed by atoms with E-state index in [-0.39, 0.29) is 47.6 Å². The van der Waals surface area contributed by atoms with E-state index in [1.807, 2.05) is 6.07 Å². The summed E-state index contributed by atoms with van der Waals surface area (Å²) < 4.78 is 24.6. The van der Waals surface area contributed by atoms with E-state index in [0.29, 0.717) is 21.0 Å². The highest BCUT2D eigenvalue weighted by Crippen LogP contribution is 2.33. The second kappa shape index (κ2) is 9.25. The molecule has 0 aliphatic carbocycles. The number of carbonyl (C=O) groups is 3. The number of sulfone groups is 1. The Kier molecular flexibility index (Phi) is 6.10. The summed E-state index contributed by atoms with van der Waals surface area (Å²) in [6.07, 6.45) is 4.70. The fourth-order valence-corrected chi connectivity index (χ4v) is 5.66. The molecule has 3 heterocycles. The largest absolute Gasteiger partial charge is 0.279 e. The fraction of sp³-hybridized carbons (Fsp3) is 0.160. The lowest BCUT2D eigenvalue weighted by Gasteiger charge is -2.21. The number of hydrogen-bond acceptors (Lipinski definition) is 8. The van der Waals surface area contributed by atoms with Crippen LogP contribution in [0.15, 0.2) is 71.9 Å². The van der Waals surface area contributed by atoms with Crippen molar-refractivity contribution in [2.24, 2.45) is 0 Å². The molecule has 0 N–H and O–H groups in total. The van der Waals surface area contributed by atoms with Gasteiger partial charge >= 0.3 is 0 Å². The molecule has 1 fully saturated rings. The van der Waals surface area contributed by atoms with Gasteiger partial charge in [0.1, 0.15) is 0 Å². The van der Waals surface area contributed by atoms with Crippen LogP contribution in [0.25, 0.3) is 10.2 Å². The molecule has 36 heavy (non-hydrogen) atoms. The van der Waals surface area contributed by atoms with Crippen LogP contribution in [0.5, 0.6) is 0 Å². The van der Waals surface area contributed by atoms with Crippen LogP contribution in [-0.4, -0.2) is 42.4 Å². The number of carbonyl (C=O) groups excluding carboxylic acids is 3. The summed E-state index contributed by atoms with van der Waals surface area (Å²) in [4.78, 5) is 49.7. The third kappa shape index (κ3) is 4.62. The van der Waals surface area contributed by atoms with Crippen LogP contribution in [-0.2, 0) is 26.0 Å². The number of pyridine rings is 1. The van der Waals surface area contributed by atoms with E-state index in [9.17, 15) is 22.8 Å². The van der Waals surface area contributed by atoms with Gasteiger partial charge in [-0.3, -0.25) is 29.2 Å². The van der Waals surface area contributed by atoms with E-state index in [1.165, 1.54) is 28.4 Å². The maximum Gasteiger partial charge on any atom is 0.260 e. The molecule has 0 spiro atoms. The third-order valence-corrected chi connectivity index (χ3v) is 7.87. The smallest absolute Gasteiger partial charge is 0.260 e. The molecule has 3 amide bonds. The topological polar surface area (TPSA) is 118 Å². The molecule has 1 aliphatic rings. The van der Waals surface area contributed by atoms with Gasteiger partial charge in [-0.1, -0.05) is 23.5 Å². The normalized spacial score (nSPS) is 14.0. The first-order chi connectivity index (χ1) is 17.2. The lowest BCUT2D eigenvalue weighted by molar-refractivity contribution is -0.121. The average molecular weight is 521 g/mol. The van der Waals surface area contributed by atoms with Gasteiger partial charge < -0.3 is 0 Å². The molecule has 5 rings (SSSR count). The van der Waals surface area contributed by atoms with E-state index in [2.05, 4.69) is 9.97 Å². The van der Waals surface area contributed by atoms with Crippen LogP contribution >= 0.6 is 11.3 Å². The number of benzene rings is 2. The number of aromatic nitrogens is 2. The number of amides is 3. The maximum atomic E-state index is 13.8. The molecule has 1 saturated heterocycles. The minimum atomic E-state index is -3.40. The molecular weight excluding hydrogens is 500 g/mol. The number of hydrogen-bond donors (Lipinski definition) is 0. The standard InChI is InChI=1S/C25H20N4O5S2/c1-36(33,34)19-7-8-20-21(13-19)35-25(27-20)28(15-16-4-3-11-26-14-16)24(32)17-5-2-6-18(12-17)29-22(30)9-10-23(29)31/h2-8,11-14H,9-10,15H2,1H3. The summed E-state index contributed by atoms with van der Waals surface area (Å²) in [6.45, 7) is 0.164. The zero-order valence-electron chi connectivity index (χ0n) is 19.1. The fourth-order valence-electron chi connectivity index (χ4n) is 3.94. The Hall–Kier alpha value is -3.96. The van der Waals surface area contributed by atoms with Gasteiger partial charge in [-0.05, 0) is 48.0 Å². The minimum absolute atomic E-state index is 0.144. The van der Waals surface area contributed by atoms with Gasteiger partial charge in [0, 0.05) is 37.1 Å². The van der Waals surface area contributed by atoms with Gasteiger partial charge in [0.15, 0.2) is 15.0 Å². The van der Waals surface area contributed by atoms with E-state index in [1.54, 1.807) is 48.8 Å². The molecule has 0 unspecified atom stereocenters. The zero-order chi connectivity index (χ0) is 25.4. The van der Waals surface area contributed by atoms with Crippen molar-refractivity contribution < 1.29 is 22.8 Å². The summed E-state index contributed by atoms with van der Waals surface area (Å²) >= 11 is 1.20. The summed E-state index contributed by atoms with van der Waals surface area (Å²) in [5.41, 5.74) is 1.95. The maximum absolute atomic E-state index is 13.8. The highest BCUT2D eigenvalue weighted by atomic mass is 32.2. The van der Waals surface area contributed by atoms with Crippen molar-refractivity contribution in [3.05, 3.63) is 78.1 Å². The third-order valence-electron chi connectivity index (χ3n) is 5.72. The van der Waals surface area contributed by atoms with Crippen LogP contribution in [0, 0.1) is 0 Å². The van der Waals surface area contributed by atoms with Crippen molar-refractivity contribution in [3.63, 3.8) is 0 Å². The molecule has 2 aromatic carbocycles. The number of imide groups is 1. The van der Waals surface area contributed by atoms with Crippen LogP contribution in [0.4, 0.5) is 10.8 Å². The predicted octanol–water partition coefficient (Wildman–Crippen LogP) is 3.60. The van der Waals surface area contributed by atoms with E-state index >= 15 is 0 Å². The van der Waals surface area contributed by atoms with Gasteiger partial charge in [0.05, 0.1) is 27.3 Å². The molecule has 2 aromatic heterocycles. The van der Waals surface area contributed by atoms with Crippen molar-refractivity contribution in [2.45, 2.75) is 24.3 Å². The monoisotopic (exact) mass is 520 g/mol. The van der Waals surface area contributed by atoms with Crippen LogP contribution < -0.4 is 9.80 Å². The Morgan fingerprint density at radius 1 is 1.06 bits per heavy atom. The second-order valence-corrected chi connectivity index (χ2v) is 11.3. The lowest BCUT2D eigenvalue weighted by atomic mass is 10.1. The van der Waals surface area contributed by atoms with Gasteiger partial charge in [0.2, 0.25) is 11.8 Å². The summed E-state index contributed by atoms with van der Waals surface area (Å²) in [7, 11) is -3.40. The Labute approximate surface area is 210 Å². The summed E-state index contributed by atoms with van der Waals surface area (Å²) in [6, 6.07) is 14.6. The van der Waals surface area contributed by atoms with Gasteiger partial charge in [-0.2, -0.15) is 0 Å². The highest BCUT2D eigenvalue weighted by Gasteiger charge is 2.31. The molecule has 9 nitrogen and oxygen atoms in total. The van der Waals surface area contributed by atoms with Crippen LogP contribution in [0.2, 0.25) is 0 Å². The van der Waals surface area contributed by atoms with Crippen LogP contribution in [0.1, 0.15) is 28.8 Å². The number of thiazole rings is 1. The van der Waals surface area contributed by atoms with Gasteiger partial charge in [-0.25, -0.2) is 13.4 Å². The average Bonchev–Trinajstić information content (AvgIpc) is 3.44. The van der Waals surface area contributed by atoms with Crippen molar-refractivity contribution in [1.82, 2.24) is 9.97 Å². The Bertz CT molecular complexity index is 1600. The molecule has 182 valence electrons. The number of rotatable bonds is 6. The summed E-state index contributed by atoms with van der Waals surface area (Å²) in [5.74, 6) is -0.989. The lowest BCUT2D eigenvalue weighted by Crippen LogP contribution is -2.31. The van der Waals surface area contributed by atoms with Crippen molar-refractivity contribution in [3.8, 4) is 0 Å². The number of anilines is 2. The van der Waals surface area contributed by atoms with Gasteiger partial charge in [0.25, 0.3) is 5.91 Å². The number of nitrogens with zero attached hydrogens (tertiary/aromatic N) is 4. The highest BCUT2D eigenvalue weighted by molar-refractivity contribution is 7.90. The minimum Gasteiger partial charge on any atom is -0.279 e. The second-order valence-electron chi connectivity index (χ2n) is 8.32. The molecule has 4 aromatic rings. The Morgan fingerprint density at radius 3 is 2.53 bits per heavy atom. The first-order valence-corrected chi connectivity index (χ1v) is 13.7. The van der Waals surface area contributed by atoms with E-state index in [4.69, 9.17) is 0 Å². The molecule has 1 aliphatic heterocycles. The zero-order valence-corrected chi connectivity index (χ0v) is 20.8. The molecule has 0 atom stereocenters. The first kappa shape index (κ1) is 23.8. The SMILES string of the molecule is CS(=O)(=O)c1ccc2nc(N(Cc3cccnc3)C(=O)c3cccc(N4C(=O)CCC4=O)c3)sc2c1. The quantitative estimate of drug-likeness (QED) is 0.357. The number of fused-ring (bicyclic) bond motifs is 1. The molecule has 0 saturated carbocycles. The predicted molar refractivity (Wildman–Crippen MR) is 136 cm³/mol. The first-order valence-electron chi connectivity index (χ1n) is 11.0. The Balaban J connectivity index is 1.56. The molecule has 0 radical (unpaired) electrons. The summed E-state index contributed by atoms with van der Waals surface area (Å²) in [5, 5.41) is 0.378. The Morgan fingerprint density at radius 2 is 1.83 bits per heavy atom. The van der Waals surface area contributed by atoms with Gasteiger partial charge in [-0.15, -0.1) is 0 Å². The molecular formula is C25H20N4O5S2.